The molecule has 0 saturated heterocycles. The minimum Gasteiger partial charge on any atom is -0.297 e. The minimum absolute atomic E-state index is 0.210. The van der Waals surface area contributed by atoms with Crippen LogP contribution in [0.2, 0.25) is 0 Å². The van der Waals surface area contributed by atoms with Crippen LogP contribution in [0.1, 0.15) is 12.8 Å². The Labute approximate surface area is 98.5 Å². The Balaban J connectivity index is 1.76. The van der Waals surface area contributed by atoms with Gasteiger partial charge in [0.05, 0.1) is 0 Å². The molecule has 0 bridgehead atoms. The van der Waals surface area contributed by atoms with Crippen molar-refractivity contribution in [3.8, 4) is 11.4 Å². The topological polar surface area (TPSA) is 60.7 Å². The molecule has 0 unspecified atom stereocenters. The summed E-state index contributed by atoms with van der Waals surface area (Å²) in [5, 5.41) is 12.1. The van der Waals surface area contributed by atoms with Crippen molar-refractivity contribution in [3.63, 3.8) is 0 Å². The highest BCUT2D eigenvalue weighted by atomic mass is 16.1. The van der Waals surface area contributed by atoms with E-state index in [-0.39, 0.29) is 18.2 Å². The van der Waals surface area contributed by atoms with Crippen LogP contribution in [0.15, 0.2) is 30.3 Å². The molecule has 5 heteroatoms. The van der Waals surface area contributed by atoms with Gasteiger partial charge < -0.3 is 0 Å². The van der Waals surface area contributed by atoms with Crippen LogP contribution >= 0.6 is 0 Å². The van der Waals surface area contributed by atoms with Gasteiger partial charge in [0, 0.05) is 11.5 Å². The van der Waals surface area contributed by atoms with Crippen LogP contribution in [-0.2, 0) is 11.3 Å². The highest BCUT2D eigenvalue weighted by Crippen LogP contribution is 2.30. The van der Waals surface area contributed by atoms with Gasteiger partial charge in [0.25, 0.3) is 0 Å². The molecule has 1 saturated carbocycles. The molecular formula is C12H12N4O. The molecule has 1 aromatic carbocycles. The lowest BCUT2D eigenvalue weighted by Gasteiger charge is -1.95. The van der Waals surface area contributed by atoms with E-state index in [0.29, 0.717) is 5.82 Å². The molecule has 0 radical (unpaired) electrons. The maximum atomic E-state index is 11.6. The molecule has 3 rings (SSSR count). The lowest BCUT2D eigenvalue weighted by atomic mass is 10.2. The average Bonchev–Trinajstić information content (AvgIpc) is 3.12. The van der Waals surface area contributed by atoms with Gasteiger partial charge in [0.15, 0.2) is 5.78 Å². The molecule has 0 aliphatic heterocycles. The highest BCUT2D eigenvalue weighted by Gasteiger charge is 2.29. The van der Waals surface area contributed by atoms with Crippen molar-refractivity contribution < 1.29 is 4.79 Å². The Hall–Kier alpha value is -2.04. The molecule has 5 nitrogen and oxygen atoms in total. The Kier molecular flexibility index (Phi) is 2.44. The zero-order valence-corrected chi connectivity index (χ0v) is 9.28. The Morgan fingerprint density at radius 2 is 2.06 bits per heavy atom. The average molecular weight is 228 g/mol. The number of rotatable bonds is 4. The summed E-state index contributed by atoms with van der Waals surface area (Å²) in [6.07, 6.45) is 2.03. The normalized spacial score (nSPS) is 14.8. The van der Waals surface area contributed by atoms with E-state index in [0.717, 1.165) is 18.4 Å². The Morgan fingerprint density at radius 1 is 1.29 bits per heavy atom. The van der Waals surface area contributed by atoms with Crippen molar-refractivity contribution in [2.75, 3.05) is 0 Å². The molecule has 2 aromatic rings. The maximum Gasteiger partial charge on any atom is 0.204 e. The van der Waals surface area contributed by atoms with Crippen molar-refractivity contribution in [2.45, 2.75) is 19.4 Å². The van der Waals surface area contributed by atoms with Crippen LogP contribution in [-0.4, -0.2) is 26.0 Å². The van der Waals surface area contributed by atoms with Gasteiger partial charge in [-0.15, -0.1) is 10.2 Å². The number of carbonyl (C=O) groups excluding carboxylic acids is 1. The van der Waals surface area contributed by atoms with E-state index in [1.807, 2.05) is 30.3 Å². The van der Waals surface area contributed by atoms with Gasteiger partial charge in [-0.25, -0.2) is 0 Å². The fraction of sp³-hybridized carbons (Fsp3) is 0.333. The van der Waals surface area contributed by atoms with Crippen LogP contribution in [0, 0.1) is 5.92 Å². The summed E-state index contributed by atoms with van der Waals surface area (Å²) in [7, 11) is 0. The number of aromatic nitrogens is 4. The molecule has 1 fully saturated rings. The predicted octanol–water partition coefficient (Wildman–Crippen LogP) is 1.32. The first-order chi connectivity index (χ1) is 8.33. The van der Waals surface area contributed by atoms with Gasteiger partial charge in [0.2, 0.25) is 5.82 Å². The van der Waals surface area contributed by atoms with Crippen LogP contribution in [0.25, 0.3) is 11.4 Å². The van der Waals surface area contributed by atoms with E-state index in [1.165, 1.54) is 4.80 Å². The number of benzene rings is 1. The molecule has 1 aliphatic carbocycles. The third-order valence-electron chi connectivity index (χ3n) is 2.81. The van der Waals surface area contributed by atoms with Crippen LogP contribution in [0.5, 0.6) is 0 Å². The van der Waals surface area contributed by atoms with Gasteiger partial charge in [0.1, 0.15) is 6.54 Å². The summed E-state index contributed by atoms with van der Waals surface area (Å²) in [5.41, 5.74) is 0.914. The number of hydrogen-bond donors (Lipinski definition) is 0. The van der Waals surface area contributed by atoms with E-state index in [4.69, 9.17) is 0 Å². The first-order valence-corrected chi connectivity index (χ1v) is 5.69. The smallest absolute Gasteiger partial charge is 0.204 e. The van der Waals surface area contributed by atoms with E-state index >= 15 is 0 Å². The van der Waals surface area contributed by atoms with E-state index in [9.17, 15) is 4.79 Å². The second-order valence-electron chi connectivity index (χ2n) is 4.25. The molecule has 1 aromatic heterocycles. The van der Waals surface area contributed by atoms with Crippen LogP contribution in [0.4, 0.5) is 0 Å². The molecule has 1 heterocycles. The fourth-order valence-electron chi connectivity index (χ4n) is 1.69. The third-order valence-corrected chi connectivity index (χ3v) is 2.81. The van der Waals surface area contributed by atoms with Crippen molar-refractivity contribution in [3.05, 3.63) is 30.3 Å². The molecule has 1 aliphatic rings. The molecular weight excluding hydrogens is 216 g/mol. The number of ketones is 1. The van der Waals surface area contributed by atoms with Crippen LogP contribution < -0.4 is 0 Å². The Morgan fingerprint density at radius 3 is 2.76 bits per heavy atom. The minimum atomic E-state index is 0.210. The summed E-state index contributed by atoms with van der Waals surface area (Å²) in [5.74, 6) is 1.01. The molecule has 0 amide bonds. The molecule has 0 atom stereocenters. The first kappa shape index (κ1) is 10.1. The summed E-state index contributed by atoms with van der Waals surface area (Å²) in [4.78, 5) is 13.0. The summed E-state index contributed by atoms with van der Waals surface area (Å²) in [6, 6.07) is 9.62. The standard InChI is InChI=1S/C12H12N4O/c17-11(9-6-7-9)8-16-14-12(13-15-16)10-4-2-1-3-5-10/h1-5,9H,6-8H2. The zero-order chi connectivity index (χ0) is 11.7. The van der Waals surface area contributed by atoms with Gasteiger partial charge in [-0.1, -0.05) is 30.3 Å². The molecule has 17 heavy (non-hydrogen) atoms. The molecule has 0 N–H and O–H groups in total. The Bertz CT molecular complexity index is 530. The number of Topliss-reactive ketones (excluding diaryl/α,β-unsaturated/α-hetero) is 1. The summed E-state index contributed by atoms with van der Waals surface area (Å²) in [6.45, 7) is 0.241. The number of hydrogen-bond acceptors (Lipinski definition) is 4. The maximum absolute atomic E-state index is 11.6. The van der Waals surface area contributed by atoms with E-state index in [2.05, 4.69) is 15.4 Å². The van der Waals surface area contributed by atoms with Gasteiger partial charge in [-0.05, 0) is 18.1 Å². The van der Waals surface area contributed by atoms with Crippen molar-refractivity contribution in [2.24, 2.45) is 5.92 Å². The third kappa shape index (κ3) is 2.22. The predicted molar refractivity (Wildman–Crippen MR) is 61.0 cm³/mol. The summed E-state index contributed by atoms with van der Waals surface area (Å²) < 4.78 is 0. The summed E-state index contributed by atoms with van der Waals surface area (Å²) >= 11 is 0. The number of nitrogens with zero attached hydrogens (tertiary/aromatic N) is 4. The molecule has 86 valence electrons. The second kappa shape index (κ2) is 4.08. The SMILES string of the molecule is O=C(Cn1nnc(-c2ccccc2)n1)C1CC1. The first-order valence-electron chi connectivity index (χ1n) is 5.69. The van der Waals surface area contributed by atoms with Crippen molar-refractivity contribution in [1.82, 2.24) is 20.2 Å². The second-order valence-corrected chi connectivity index (χ2v) is 4.25. The quantitative estimate of drug-likeness (QED) is 0.791. The fourth-order valence-corrected chi connectivity index (χ4v) is 1.69. The van der Waals surface area contributed by atoms with Gasteiger partial charge in [-0.3, -0.25) is 4.79 Å². The number of carbonyl (C=O) groups is 1. The molecule has 0 spiro atoms. The lowest BCUT2D eigenvalue weighted by Crippen LogP contribution is -2.14. The highest BCUT2D eigenvalue weighted by molar-refractivity contribution is 5.82. The zero-order valence-electron chi connectivity index (χ0n) is 9.28. The van der Waals surface area contributed by atoms with Gasteiger partial charge >= 0.3 is 0 Å². The largest absolute Gasteiger partial charge is 0.297 e. The van der Waals surface area contributed by atoms with E-state index < -0.39 is 0 Å². The van der Waals surface area contributed by atoms with Crippen molar-refractivity contribution in [1.29, 1.82) is 0 Å². The van der Waals surface area contributed by atoms with Crippen molar-refractivity contribution >= 4 is 5.78 Å². The lowest BCUT2D eigenvalue weighted by molar-refractivity contribution is -0.121. The number of tetrazole rings is 1. The van der Waals surface area contributed by atoms with E-state index in [1.54, 1.807) is 0 Å². The van der Waals surface area contributed by atoms with Crippen LogP contribution in [0.3, 0.4) is 0 Å². The monoisotopic (exact) mass is 228 g/mol. The van der Waals surface area contributed by atoms with Gasteiger partial charge in [-0.2, -0.15) is 4.80 Å².